The fourth-order valence-corrected chi connectivity index (χ4v) is 2.82. The van der Waals surface area contributed by atoms with Crippen molar-refractivity contribution in [1.29, 1.82) is 0 Å². The summed E-state index contributed by atoms with van der Waals surface area (Å²) in [7, 11) is 0. The summed E-state index contributed by atoms with van der Waals surface area (Å²) in [5.41, 5.74) is 1.42. The number of carbonyl (C=O) groups excluding carboxylic acids is 2. The van der Waals surface area contributed by atoms with Crippen molar-refractivity contribution in [3.8, 4) is 0 Å². The van der Waals surface area contributed by atoms with Gasteiger partial charge in [0, 0.05) is 6.42 Å². The average molecular weight is 332 g/mol. The second-order valence-corrected chi connectivity index (χ2v) is 6.35. The normalized spacial score (nSPS) is 10.6. The molecule has 0 aliphatic heterocycles. The van der Waals surface area contributed by atoms with Crippen LogP contribution in [0.1, 0.15) is 94.0 Å². The summed E-state index contributed by atoms with van der Waals surface area (Å²) in [5, 5.41) is 0. The highest BCUT2D eigenvalue weighted by Crippen LogP contribution is 2.13. The predicted octanol–water partition coefficient (Wildman–Crippen LogP) is 5.85. The van der Waals surface area contributed by atoms with Crippen LogP contribution in [-0.4, -0.2) is 11.9 Å². The summed E-state index contributed by atoms with van der Waals surface area (Å²) >= 11 is 0. The molecule has 0 heterocycles. The lowest BCUT2D eigenvalue weighted by Crippen LogP contribution is -2.14. The first kappa shape index (κ1) is 20.4. The van der Waals surface area contributed by atoms with Crippen molar-refractivity contribution < 1.29 is 14.3 Å². The molecule has 1 aromatic carbocycles. The highest BCUT2D eigenvalue weighted by Gasteiger charge is 2.15. The molecule has 0 radical (unpaired) electrons. The Morgan fingerprint density at radius 1 is 0.833 bits per heavy atom. The molecule has 24 heavy (non-hydrogen) atoms. The number of benzene rings is 1. The maximum atomic E-state index is 12.1. The van der Waals surface area contributed by atoms with Crippen LogP contribution in [-0.2, 0) is 16.0 Å². The van der Waals surface area contributed by atoms with E-state index in [-0.39, 0.29) is 0 Å². The molecule has 3 nitrogen and oxygen atoms in total. The predicted molar refractivity (Wildman–Crippen MR) is 98.1 cm³/mol. The van der Waals surface area contributed by atoms with Crippen LogP contribution in [0.25, 0.3) is 0 Å². The fourth-order valence-electron chi connectivity index (χ4n) is 2.82. The second kappa shape index (κ2) is 12.7. The molecule has 0 bridgehead atoms. The van der Waals surface area contributed by atoms with E-state index in [1.807, 2.05) is 19.1 Å². The highest BCUT2D eigenvalue weighted by molar-refractivity contribution is 5.97. The van der Waals surface area contributed by atoms with E-state index in [2.05, 4.69) is 6.92 Å². The Kier molecular flexibility index (Phi) is 10.8. The quantitative estimate of drug-likeness (QED) is 0.274. The smallest absolute Gasteiger partial charge is 0.346 e. The van der Waals surface area contributed by atoms with E-state index in [0.29, 0.717) is 12.0 Å². The Morgan fingerprint density at radius 2 is 1.42 bits per heavy atom. The first-order valence-electron chi connectivity index (χ1n) is 9.52. The molecule has 1 rings (SSSR count). The number of rotatable bonds is 12. The van der Waals surface area contributed by atoms with Crippen molar-refractivity contribution >= 4 is 11.9 Å². The highest BCUT2D eigenvalue weighted by atomic mass is 16.6. The number of ether oxygens (including phenoxy) is 1. The maximum absolute atomic E-state index is 12.1. The molecule has 0 unspecified atom stereocenters. The van der Waals surface area contributed by atoms with Gasteiger partial charge in [0.25, 0.3) is 0 Å². The fraction of sp³-hybridized carbons (Fsp3) is 0.619. The molecule has 0 aliphatic carbocycles. The van der Waals surface area contributed by atoms with E-state index in [0.717, 1.165) is 31.2 Å². The molecule has 0 aliphatic rings. The SMILES string of the molecule is CCCCCCCCCCCC(=O)OC(=O)c1ccccc1CC. The van der Waals surface area contributed by atoms with Crippen molar-refractivity contribution in [2.45, 2.75) is 84.5 Å². The topological polar surface area (TPSA) is 43.4 Å². The van der Waals surface area contributed by atoms with Crippen LogP contribution in [0.5, 0.6) is 0 Å². The molecule has 0 atom stereocenters. The van der Waals surface area contributed by atoms with Gasteiger partial charge in [0.05, 0.1) is 5.56 Å². The Morgan fingerprint density at radius 3 is 2.04 bits per heavy atom. The Bertz CT molecular complexity index is 494. The molecule has 0 saturated heterocycles. The summed E-state index contributed by atoms with van der Waals surface area (Å²) in [6.45, 7) is 4.21. The first-order chi connectivity index (χ1) is 11.7. The van der Waals surface area contributed by atoms with Gasteiger partial charge in [-0.3, -0.25) is 4.79 Å². The first-order valence-corrected chi connectivity index (χ1v) is 9.52. The molecule has 0 amide bonds. The zero-order valence-electron chi connectivity index (χ0n) is 15.3. The minimum Gasteiger partial charge on any atom is -0.389 e. The van der Waals surface area contributed by atoms with Crippen LogP contribution in [0.15, 0.2) is 24.3 Å². The van der Waals surface area contributed by atoms with Gasteiger partial charge >= 0.3 is 11.9 Å². The van der Waals surface area contributed by atoms with Crippen LogP contribution in [0.3, 0.4) is 0 Å². The lowest BCUT2D eigenvalue weighted by atomic mass is 10.1. The molecular weight excluding hydrogens is 300 g/mol. The van der Waals surface area contributed by atoms with E-state index in [9.17, 15) is 9.59 Å². The third-order valence-electron chi connectivity index (χ3n) is 4.31. The third kappa shape index (κ3) is 8.28. The number of hydrogen-bond acceptors (Lipinski definition) is 3. The van der Waals surface area contributed by atoms with E-state index in [4.69, 9.17) is 4.74 Å². The largest absolute Gasteiger partial charge is 0.389 e. The summed E-state index contributed by atoms with van der Waals surface area (Å²) in [6, 6.07) is 7.29. The Hall–Kier alpha value is -1.64. The lowest BCUT2D eigenvalue weighted by Gasteiger charge is -2.07. The van der Waals surface area contributed by atoms with Gasteiger partial charge in [0.1, 0.15) is 0 Å². The molecule has 0 fully saturated rings. The van der Waals surface area contributed by atoms with Crippen molar-refractivity contribution in [3.63, 3.8) is 0 Å². The average Bonchev–Trinajstić information content (AvgIpc) is 2.60. The Labute approximate surface area is 146 Å². The monoisotopic (exact) mass is 332 g/mol. The van der Waals surface area contributed by atoms with Crippen molar-refractivity contribution in [2.24, 2.45) is 0 Å². The maximum Gasteiger partial charge on any atom is 0.346 e. The summed E-state index contributed by atoms with van der Waals surface area (Å²) < 4.78 is 4.97. The van der Waals surface area contributed by atoms with Gasteiger partial charge in [-0.1, -0.05) is 83.4 Å². The molecule has 0 aromatic heterocycles. The molecule has 0 spiro atoms. The van der Waals surface area contributed by atoms with Crippen LogP contribution < -0.4 is 0 Å². The zero-order chi connectivity index (χ0) is 17.6. The van der Waals surface area contributed by atoms with Gasteiger partial charge in [-0.2, -0.15) is 0 Å². The van der Waals surface area contributed by atoms with Gasteiger partial charge < -0.3 is 4.74 Å². The van der Waals surface area contributed by atoms with Crippen LogP contribution in [0.2, 0.25) is 0 Å². The van der Waals surface area contributed by atoms with Crippen molar-refractivity contribution in [2.75, 3.05) is 0 Å². The van der Waals surface area contributed by atoms with Crippen molar-refractivity contribution in [1.82, 2.24) is 0 Å². The minimum absolute atomic E-state index is 0.329. The lowest BCUT2D eigenvalue weighted by molar-refractivity contribution is -0.138. The molecule has 3 heteroatoms. The van der Waals surface area contributed by atoms with Crippen LogP contribution in [0, 0.1) is 0 Å². The van der Waals surface area contributed by atoms with Gasteiger partial charge in [-0.25, -0.2) is 4.79 Å². The molecule has 0 saturated carbocycles. The molecule has 134 valence electrons. The number of carbonyl (C=O) groups is 2. The van der Waals surface area contributed by atoms with Gasteiger partial charge in [-0.05, 0) is 24.5 Å². The third-order valence-corrected chi connectivity index (χ3v) is 4.31. The summed E-state index contributed by atoms with van der Waals surface area (Å²) in [5.74, 6) is -0.928. The van der Waals surface area contributed by atoms with Gasteiger partial charge in [0.2, 0.25) is 0 Å². The van der Waals surface area contributed by atoms with Crippen LogP contribution in [0.4, 0.5) is 0 Å². The van der Waals surface area contributed by atoms with E-state index >= 15 is 0 Å². The van der Waals surface area contributed by atoms with Crippen molar-refractivity contribution in [3.05, 3.63) is 35.4 Å². The number of hydrogen-bond donors (Lipinski definition) is 0. The van der Waals surface area contributed by atoms with E-state index < -0.39 is 11.9 Å². The second-order valence-electron chi connectivity index (χ2n) is 6.35. The zero-order valence-corrected chi connectivity index (χ0v) is 15.3. The van der Waals surface area contributed by atoms with Crippen LogP contribution >= 0.6 is 0 Å². The molecular formula is C21H32O3. The number of esters is 2. The van der Waals surface area contributed by atoms with E-state index in [1.165, 1.54) is 38.5 Å². The van der Waals surface area contributed by atoms with Gasteiger partial charge in [-0.15, -0.1) is 0 Å². The number of unbranched alkanes of at least 4 members (excludes halogenated alkanes) is 8. The number of aryl methyl sites for hydroxylation is 1. The summed E-state index contributed by atoms with van der Waals surface area (Å²) in [6.07, 6.45) is 11.9. The Balaban J connectivity index is 2.14. The van der Waals surface area contributed by atoms with Gasteiger partial charge in [0.15, 0.2) is 0 Å². The standard InChI is InChI=1S/C21H32O3/c1-3-5-6-7-8-9-10-11-12-17-20(22)24-21(23)19-16-14-13-15-18(19)4-2/h13-16H,3-12,17H2,1-2H3. The molecule has 1 aromatic rings. The molecule has 0 N–H and O–H groups in total. The van der Waals surface area contributed by atoms with E-state index in [1.54, 1.807) is 12.1 Å². The minimum atomic E-state index is -0.520. The summed E-state index contributed by atoms with van der Waals surface area (Å²) in [4.78, 5) is 23.8.